The minimum atomic E-state index is -0.299. The molecule has 1 unspecified atom stereocenters. The predicted molar refractivity (Wildman–Crippen MR) is 83.7 cm³/mol. The van der Waals surface area contributed by atoms with Crippen molar-refractivity contribution in [2.75, 3.05) is 10.6 Å². The average Bonchev–Trinajstić information content (AvgIpc) is 2.93. The Morgan fingerprint density at radius 3 is 2.90 bits per heavy atom. The van der Waals surface area contributed by atoms with Gasteiger partial charge in [0.15, 0.2) is 0 Å². The number of para-hydroxylation sites is 1. The molecule has 4 nitrogen and oxygen atoms in total. The van der Waals surface area contributed by atoms with E-state index in [-0.39, 0.29) is 17.7 Å². The topological polar surface area (TPSA) is 61.4 Å². The van der Waals surface area contributed by atoms with E-state index in [1.165, 1.54) is 0 Å². The summed E-state index contributed by atoms with van der Waals surface area (Å²) in [7, 11) is 0. The van der Waals surface area contributed by atoms with Crippen LogP contribution in [0.15, 0.2) is 42.5 Å². The third kappa shape index (κ3) is 2.70. The summed E-state index contributed by atoms with van der Waals surface area (Å²) in [6.07, 6.45) is 1.52. The largest absolute Gasteiger partial charge is 0.506 e. The maximum Gasteiger partial charge on any atom is 0.247 e. The highest BCUT2D eigenvalue weighted by Gasteiger charge is 2.26. The van der Waals surface area contributed by atoms with Crippen LogP contribution >= 0.6 is 0 Å². The number of carbonyl (C=O) groups is 1. The van der Waals surface area contributed by atoms with Gasteiger partial charge in [0.1, 0.15) is 11.8 Å². The van der Waals surface area contributed by atoms with Crippen LogP contribution in [0.3, 0.4) is 0 Å². The van der Waals surface area contributed by atoms with Gasteiger partial charge < -0.3 is 15.7 Å². The monoisotopic (exact) mass is 282 g/mol. The molecule has 108 valence electrons. The predicted octanol–water partition coefficient (Wildman–Crippen LogP) is 2.93. The zero-order chi connectivity index (χ0) is 14.8. The number of benzene rings is 2. The number of aromatic hydroxyl groups is 1. The fourth-order valence-corrected chi connectivity index (χ4v) is 2.58. The van der Waals surface area contributed by atoms with Crippen molar-refractivity contribution in [3.05, 3.63) is 53.6 Å². The molecule has 0 aromatic heterocycles. The van der Waals surface area contributed by atoms with E-state index in [1.807, 2.05) is 43.3 Å². The van der Waals surface area contributed by atoms with Crippen LogP contribution in [0.4, 0.5) is 11.4 Å². The first-order valence-electron chi connectivity index (χ1n) is 7.14. The Kier molecular flexibility index (Phi) is 3.52. The number of hydrogen-bond acceptors (Lipinski definition) is 3. The van der Waals surface area contributed by atoms with Crippen molar-refractivity contribution in [1.29, 1.82) is 0 Å². The summed E-state index contributed by atoms with van der Waals surface area (Å²) in [6.45, 7) is 2.03. The molecule has 0 spiro atoms. The Morgan fingerprint density at radius 1 is 1.33 bits per heavy atom. The second-order valence-electron chi connectivity index (χ2n) is 5.25. The third-order valence-corrected chi connectivity index (χ3v) is 3.81. The number of aryl methyl sites for hydroxylation is 1. The molecule has 0 bridgehead atoms. The fraction of sp³-hybridized carbons (Fsp3) is 0.235. The second kappa shape index (κ2) is 5.48. The van der Waals surface area contributed by atoms with Crippen molar-refractivity contribution >= 4 is 17.3 Å². The van der Waals surface area contributed by atoms with Gasteiger partial charge in [-0.15, -0.1) is 0 Å². The molecule has 0 radical (unpaired) electrons. The Balaban J connectivity index is 1.74. The van der Waals surface area contributed by atoms with Crippen LogP contribution in [0, 0.1) is 0 Å². The number of fused-ring (bicyclic) bond motifs is 1. The first kappa shape index (κ1) is 13.5. The van der Waals surface area contributed by atoms with E-state index in [4.69, 9.17) is 0 Å². The van der Waals surface area contributed by atoms with Crippen LogP contribution in [0.25, 0.3) is 0 Å². The van der Waals surface area contributed by atoms with E-state index in [1.54, 1.807) is 6.07 Å². The summed E-state index contributed by atoms with van der Waals surface area (Å²) in [5, 5.41) is 15.9. The quantitative estimate of drug-likeness (QED) is 0.759. The maximum absolute atomic E-state index is 12.4. The van der Waals surface area contributed by atoms with E-state index in [0.29, 0.717) is 12.1 Å². The molecule has 1 aliphatic rings. The summed E-state index contributed by atoms with van der Waals surface area (Å²) >= 11 is 0. The van der Waals surface area contributed by atoms with Crippen molar-refractivity contribution in [1.82, 2.24) is 0 Å². The molecule has 2 aromatic carbocycles. The molecule has 2 aromatic rings. The maximum atomic E-state index is 12.4. The molecule has 4 heteroatoms. The summed E-state index contributed by atoms with van der Waals surface area (Å²) in [6, 6.07) is 12.9. The molecule has 21 heavy (non-hydrogen) atoms. The number of anilines is 2. The average molecular weight is 282 g/mol. The van der Waals surface area contributed by atoms with Gasteiger partial charge in [-0.1, -0.05) is 31.2 Å². The third-order valence-electron chi connectivity index (χ3n) is 3.81. The lowest BCUT2D eigenvalue weighted by Crippen LogP contribution is -2.32. The number of nitrogens with one attached hydrogen (secondary N) is 2. The normalized spacial score (nSPS) is 16.1. The molecule has 0 saturated heterocycles. The van der Waals surface area contributed by atoms with Crippen LogP contribution in [0.2, 0.25) is 0 Å². The van der Waals surface area contributed by atoms with Gasteiger partial charge in [-0.2, -0.15) is 0 Å². The number of carbonyl (C=O) groups excluding carboxylic acids is 1. The van der Waals surface area contributed by atoms with Gasteiger partial charge in [0.25, 0.3) is 0 Å². The van der Waals surface area contributed by atoms with E-state index in [0.717, 1.165) is 23.2 Å². The van der Waals surface area contributed by atoms with Crippen molar-refractivity contribution in [2.45, 2.75) is 25.8 Å². The molecular weight excluding hydrogens is 264 g/mol. The van der Waals surface area contributed by atoms with E-state index in [2.05, 4.69) is 10.6 Å². The van der Waals surface area contributed by atoms with Crippen LogP contribution in [0.1, 0.15) is 18.1 Å². The van der Waals surface area contributed by atoms with Crippen LogP contribution in [-0.4, -0.2) is 17.1 Å². The van der Waals surface area contributed by atoms with Gasteiger partial charge in [0.2, 0.25) is 5.91 Å². The smallest absolute Gasteiger partial charge is 0.247 e. The second-order valence-corrected chi connectivity index (χ2v) is 5.25. The number of hydrogen-bond donors (Lipinski definition) is 3. The number of phenolic OH excluding ortho intramolecular Hbond substituents is 1. The van der Waals surface area contributed by atoms with Gasteiger partial charge in [0.05, 0.1) is 5.69 Å². The zero-order valence-electron chi connectivity index (χ0n) is 11.9. The summed E-state index contributed by atoms with van der Waals surface area (Å²) in [5.74, 6) is -0.0363. The molecule has 1 amide bonds. The lowest BCUT2D eigenvalue weighted by Gasteiger charge is -2.13. The highest BCUT2D eigenvalue weighted by molar-refractivity contribution is 5.99. The first-order valence-corrected chi connectivity index (χ1v) is 7.14. The molecule has 1 atom stereocenters. The molecule has 1 aliphatic heterocycles. The molecule has 3 N–H and O–H groups in total. The Bertz CT molecular complexity index is 657. The minimum absolute atomic E-state index is 0.0936. The van der Waals surface area contributed by atoms with Crippen molar-refractivity contribution in [3.63, 3.8) is 0 Å². The molecule has 0 fully saturated rings. The van der Waals surface area contributed by atoms with Gasteiger partial charge >= 0.3 is 0 Å². The number of amides is 1. The lowest BCUT2D eigenvalue weighted by molar-refractivity contribution is -0.116. The van der Waals surface area contributed by atoms with Gasteiger partial charge in [-0.05, 0) is 35.7 Å². The van der Waals surface area contributed by atoms with Gasteiger partial charge in [-0.3, -0.25) is 4.79 Å². The first-order chi connectivity index (χ1) is 10.2. The molecule has 3 rings (SSSR count). The lowest BCUT2D eigenvalue weighted by atomic mass is 10.1. The van der Waals surface area contributed by atoms with Gasteiger partial charge in [0, 0.05) is 12.1 Å². The van der Waals surface area contributed by atoms with Crippen molar-refractivity contribution in [2.24, 2.45) is 0 Å². The van der Waals surface area contributed by atoms with E-state index in [9.17, 15) is 9.90 Å². The summed E-state index contributed by atoms with van der Waals surface area (Å²) in [5.41, 5.74) is 3.69. The van der Waals surface area contributed by atoms with Gasteiger partial charge in [-0.25, -0.2) is 0 Å². The van der Waals surface area contributed by atoms with Crippen LogP contribution in [0.5, 0.6) is 5.75 Å². The number of rotatable bonds is 3. The molecule has 0 aliphatic carbocycles. The highest BCUT2D eigenvalue weighted by Crippen LogP contribution is 2.28. The van der Waals surface area contributed by atoms with Crippen molar-refractivity contribution in [3.8, 4) is 5.75 Å². The Hall–Kier alpha value is -2.49. The fourth-order valence-electron chi connectivity index (χ4n) is 2.58. The SMILES string of the molecule is CCc1ccc(O)c(NC(=O)C2Cc3ccccc3N2)c1. The molecule has 1 heterocycles. The van der Waals surface area contributed by atoms with Crippen LogP contribution < -0.4 is 10.6 Å². The standard InChI is InChI=1S/C17H18N2O2/c1-2-11-7-8-16(20)14(9-11)19-17(21)15-10-12-5-3-4-6-13(12)18-15/h3-9,15,18,20H,2,10H2,1H3,(H,19,21). The molecular formula is C17H18N2O2. The van der Waals surface area contributed by atoms with E-state index < -0.39 is 0 Å². The summed E-state index contributed by atoms with van der Waals surface area (Å²) in [4.78, 5) is 12.4. The Labute approximate surface area is 123 Å². The molecule has 0 saturated carbocycles. The number of phenols is 1. The zero-order valence-corrected chi connectivity index (χ0v) is 11.9. The summed E-state index contributed by atoms with van der Waals surface area (Å²) < 4.78 is 0. The Morgan fingerprint density at radius 2 is 2.14 bits per heavy atom. The minimum Gasteiger partial charge on any atom is -0.506 e. The van der Waals surface area contributed by atoms with E-state index >= 15 is 0 Å². The van der Waals surface area contributed by atoms with Crippen molar-refractivity contribution < 1.29 is 9.90 Å². The van der Waals surface area contributed by atoms with Crippen LogP contribution in [-0.2, 0) is 17.6 Å². The highest BCUT2D eigenvalue weighted by atomic mass is 16.3.